The van der Waals surface area contributed by atoms with Crippen LogP contribution in [0.5, 0.6) is 0 Å². The summed E-state index contributed by atoms with van der Waals surface area (Å²) in [5, 5.41) is 8.08. The van der Waals surface area contributed by atoms with Gasteiger partial charge in [-0.3, -0.25) is 14.5 Å². The molecule has 0 radical (unpaired) electrons. The highest BCUT2D eigenvalue weighted by Gasteiger charge is 2.27. The van der Waals surface area contributed by atoms with Crippen molar-refractivity contribution in [2.24, 2.45) is 0 Å². The first-order valence-corrected chi connectivity index (χ1v) is 10.3. The molecule has 144 valence electrons. The van der Waals surface area contributed by atoms with Gasteiger partial charge in [-0.05, 0) is 62.3 Å². The van der Waals surface area contributed by atoms with Gasteiger partial charge < -0.3 is 10.6 Å². The van der Waals surface area contributed by atoms with Gasteiger partial charge in [-0.1, -0.05) is 18.2 Å². The predicted molar refractivity (Wildman–Crippen MR) is 110 cm³/mol. The Hall–Kier alpha value is -2.18. The van der Waals surface area contributed by atoms with Gasteiger partial charge in [0.2, 0.25) is 5.91 Å². The molecule has 1 fully saturated rings. The highest BCUT2D eigenvalue weighted by molar-refractivity contribution is 7.12. The number of likely N-dealkylation sites (tertiary alicyclic amines) is 1. The monoisotopic (exact) mass is 385 g/mol. The molecule has 1 atom stereocenters. The van der Waals surface area contributed by atoms with Crippen LogP contribution in [-0.2, 0) is 4.79 Å². The molecule has 5 nitrogen and oxygen atoms in total. The molecule has 1 aromatic heterocycles. The molecule has 27 heavy (non-hydrogen) atoms. The maximum Gasteiger partial charge on any atom is 0.261 e. The molecule has 2 amide bonds. The van der Waals surface area contributed by atoms with E-state index in [9.17, 15) is 9.59 Å². The molecule has 0 saturated carbocycles. The normalized spacial score (nSPS) is 16.7. The summed E-state index contributed by atoms with van der Waals surface area (Å²) in [6.45, 7) is 7.58. The maximum atomic E-state index is 12.7. The molecule has 0 spiro atoms. The average Bonchev–Trinajstić information content (AvgIpc) is 3.19. The van der Waals surface area contributed by atoms with E-state index < -0.39 is 0 Å². The third-order valence-electron chi connectivity index (χ3n) is 5.19. The molecule has 1 aromatic carbocycles. The van der Waals surface area contributed by atoms with E-state index in [1.165, 1.54) is 11.3 Å². The van der Waals surface area contributed by atoms with Crippen molar-refractivity contribution in [3.05, 3.63) is 51.7 Å². The van der Waals surface area contributed by atoms with Crippen LogP contribution in [0.3, 0.4) is 0 Å². The molecule has 6 heteroatoms. The summed E-state index contributed by atoms with van der Waals surface area (Å²) in [6, 6.07) is 9.78. The summed E-state index contributed by atoms with van der Waals surface area (Å²) in [5.41, 5.74) is 3.08. The van der Waals surface area contributed by atoms with E-state index in [1.807, 2.05) is 56.5 Å². The number of piperidine rings is 1. The smallest absolute Gasteiger partial charge is 0.261 e. The van der Waals surface area contributed by atoms with Crippen molar-refractivity contribution in [3.8, 4) is 0 Å². The van der Waals surface area contributed by atoms with E-state index in [0.717, 1.165) is 47.6 Å². The number of hydrogen-bond donors (Lipinski definition) is 2. The van der Waals surface area contributed by atoms with Crippen LogP contribution in [0.1, 0.15) is 40.6 Å². The zero-order chi connectivity index (χ0) is 19.4. The van der Waals surface area contributed by atoms with Crippen LogP contribution in [0, 0.1) is 13.8 Å². The summed E-state index contributed by atoms with van der Waals surface area (Å²) in [5.74, 6) is 0.0222. The summed E-state index contributed by atoms with van der Waals surface area (Å²) in [6.07, 6.45) is 1.72. The predicted octanol–water partition coefficient (Wildman–Crippen LogP) is 3.59. The topological polar surface area (TPSA) is 61.4 Å². The molecule has 2 N–H and O–H groups in total. The lowest BCUT2D eigenvalue weighted by Crippen LogP contribution is -2.50. The van der Waals surface area contributed by atoms with Gasteiger partial charge in [0.15, 0.2) is 0 Å². The van der Waals surface area contributed by atoms with Crippen molar-refractivity contribution in [1.29, 1.82) is 0 Å². The average molecular weight is 386 g/mol. The molecule has 1 aliphatic heterocycles. The molecule has 0 aliphatic carbocycles. The van der Waals surface area contributed by atoms with Crippen LogP contribution in [0.15, 0.2) is 35.7 Å². The van der Waals surface area contributed by atoms with Gasteiger partial charge in [-0.25, -0.2) is 0 Å². The SMILES string of the molecule is Cc1ccc(C)c(NC(=O)C(C)N2CCC(NC(=O)c3cccs3)CC2)c1. The number of carbonyl (C=O) groups is 2. The first-order chi connectivity index (χ1) is 12.9. The van der Waals surface area contributed by atoms with E-state index in [-0.39, 0.29) is 23.9 Å². The van der Waals surface area contributed by atoms with Gasteiger partial charge in [-0.15, -0.1) is 11.3 Å². The highest BCUT2D eigenvalue weighted by Crippen LogP contribution is 2.19. The second-order valence-electron chi connectivity index (χ2n) is 7.24. The lowest BCUT2D eigenvalue weighted by Gasteiger charge is -2.35. The largest absolute Gasteiger partial charge is 0.349 e. The van der Waals surface area contributed by atoms with Crippen LogP contribution < -0.4 is 10.6 Å². The Bertz CT molecular complexity index is 796. The van der Waals surface area contributed by atoms with Gasteiger partial charge in [0.1, 0.15) is 0 Å². The van der Waals surface area contributed by atoms with Crippen LogP contribution in [0.2, 0.25) is 0 Å². The summed E-state index contributed by atoms with van der Waals surface area (Å²) in [7, 11) is 0. The van der Waals surface area contributed by atoms with E-state index in [4.69, 9.17) is 0 Å². The van der Waals surface area contributed by atoms with Gasteiger partial charge in [0.05, 0.1) is 10.9 Å². The number of carbonyl (C=O) groups excluding carboxylic acids is 2. The molecule has 2 heterocycles. The quantitative estimate of drug-likeness (QED) is 0.827. The molecular weight excluding hydrogens is 358 g/mol. The zero-order valence-electron chi connectivity index (χ0n) is 16.1. The number of benzene rings is 1. The first kappa shape index (κ1) is 19.6. The number of thiophene rings is 1. The molecule has 3 rings (SSSR count). The third-order valence-corrected chi connectivity index (χ3v) is 6.06. The number of nitrogens with one attached hydrogen (secondary N) is 2. The summed E-state index contributed by atoms with van der Waals surface area (Å²) in [4.78, 5) is 27.8. The van der Waals surface area contributed by atoms with Crippen LogP contribution in [-0.4, -0.2) is 41.9 Å². The van der Waals surface area contributed by atoms with Gasteiger partial charge >= 0.3 is 0 Å². The van der Waals surface area contributed by atoms with Crippen LogP contribution in [0.25, 0.3) is 0 Å². The molecule has 1 aliphatic rings. The van der Waals surface area contributed by atoms with Crippen molar-refractivity contribution in [1.82, 2.24) is 10.2 Å². The number of nitrogens with zero attached hydrogens (tertiary/aromatic N) is 1. The maximum absolute atomic E-state index is 12.7. The Morgan fingerprint density at radius 3 is 2.59 bits per heavy atom. The van der Waals surface area contributed by atoms with Crippen LogP contribution >= 0.6 is 11.3 Å². The van der Waals surface area contributed by atoms with E-state index in [2.05, 4.69) is 15.5 Å². The first-order valence-electron chi connectivity index (χ1n) is 9.40. The number of anilines is 1. The summed E-state index contributed by atoms with van der Waals surface area (Å²) >= 11 is 1.46. The van der Waals surface area contributed by atoms with Gasteiger partial charge in [0.25, 0.3) is 5.91 Å². The highest BCUT2D eigenvalue weighted by atomic mass is 32.1. The van der Waals surface area contributed by atoms with Crippen molar-refractivity contribution >= 4 is 28.8 Å². The Morgan fingerprint density at radius 1 is 1.19 bits per heavy atom. The lowest BCUT2D eigenvalue weighted by atomic mass is 10.0. The lowest BCUT2D eigenvalue weighted by molar-refractivity contribution is -0.121. The Morgan fingerprint density at radius 2 is 1.93 bits per heavy atom. The minimum atomic E-state index is -0.196. The van der Waals surface area contributed by atoms with Crippen LogP contribution in [0.4, 0.5) is 5.69 Å². The Balaban J connectivity index is 1.50. The molecule has 2 aromatic rings. The number of amides is 2. The molecule has 0 bridgehead atoms. The molecular formula is C21H27N3O2S. The van der Waals surface area contributed by atoms with E-state index >= 15 is 0 Å². The number of hydrogen-bond acceptors (Lipinski definition) is 4. The minimum absolute atomic E-state index is 0.00386. The summed E-state index contributed by atoms with van der Waals surface area (Å²) < 4.78 is 0. The fraction of sp³-hybridized carbons (Fsp3) is 0.429. The van der Waals surface area contributed by atoms with Crippen molar-refractivity contribution in [2.45, 2.75) is 45.7 Å². The Labute approximate surface area is 164 Å². The van der Waals surface area contributed by atoms with E-state index in [1.54, 1.807) is 0 Å². The minimum Gasteiger partial charge on any atom is -0.349 e. The number of rotatable bonds is 5. The van der Waals surface area contributed by atoms with Gasteiger partial charge in [0, 0.05) is 24.8 Å². The third kappa shape index (κ3) is 4.96. The molecule has 1 unspecified atom stereocenters. The second kappa shape index (κ2) is 8.67. The standard InChI is InChI=1S/C21H27N3O2S/c1-14-6-7-15(2)18(13-14)23-20(25)16(3)24-10-8-17(9-11-24)22-21(26)19-5-4-12-27-19/h4-7,12-13,16-17H,8-11H2,1-3H3,(H,22,26)(H,23,25). The fourth-order valence-corrected chi connectivity index (χ4v) is 4.00. The van der Waals surface area contributed by atoms with Gasteiger partial charge in [-0.2, -0.15) is 0 Å². The van der Waals surface area contributed by atoms with Crippen molar-refractivity contribution in [2.75, 3.05) is 18.4 Å². The van der Waals surface area contributed by atoms with Crippen molar-refractivity contribution in [3.63, 3.8) is 0 Å². The zero-order valence-corrected chi connectivity index (χ0v) is 16.9. The Kier molecular flexibility index (Phi) is 6.29. The molecule has 1 saturated heterocycles. The second-order valence-corrected chi connectivity index (χ2v) is 8.19. The van der Waals surface area contributed by atoms with E-state index in [0.29, 0.717) is 0 Å². The number of aryl methyl sites for hydroxylation is 2. The fourth-order valence-electron chi connectivity index (χ4n) is 3.37. The van der Waals surface area contributed by atoms with Crippen molar-refractivity contribution < 1.29 is 9.59 Å².